The van der Waals surface area contributed by atoms with E-state index in [4.69, 9.17) is 0 Å². The van der Waals surface area contributed by atoms with Gasteiger partial charge in [-0.25, -0.2) is 4.84 Å². The molecule has 0 N–H and O–H groups in total. The van der Waals surface area contributed by atoms with Crippen LogP contribution < -0.4 is 4.18 Å². The summed E-state index contributed by atoms with van der Waals surface area (Å²) in [5.74, 6) is -0.376. The third-order valence-electron chi connectivity index (χ3n) is 2.47. The normalized spacial score (nSPS) is 33.2. The summed E-state index contributed by atoms with van der Waals surface area (Å²) < 4.78 is 65.6. The van der Waals surface area contributed by atoms with Gasteiger partial charge in [-0.2, -0.15) is 21.6 Å². The maximum Gasteiger partial charge on any atom is 0.441 e. The summed E-state index contributed by atoms with van der Waals surface area (Å²) in [5.41, 5.74) is -3.30. The van der Waals surface area contributed by atoms with Crippen molar-refractivity contribution in [3.05, 3.63) is 29.8 Å². The van der Waals surface area contributed by atoms with E-state index < -0.39 is 22.2 Å². The van der Waals surface area contributed by atoms with Crippen molar-refractivity contribution in [2.75, 3.05) is 0 Å². The third-order valence-corrected chi connectivity index (χ3v) is 3.60. The van der Waals surface area contributed by atoms with E-state index in [-0.39, 0.29) is 15.8 Å². The average molecular weight is 267 g/mol. The molecule has 0 radical (unpaired) electrons. The number of hydrogen-bond acceptors (Lipinski definition) is 4. The first-order valence-electron chi connectivity index (χ1n) is 4.39. The number of para-hydroxylation sites is 1. The fourth-order valence-electron chi connectivity index (χ4n) is 1.72. The molecule has 0 aliphatic carbocycles. The van der Waals surface area contributed by atoms with Crippen molar-refractivity contribution in [3.63, 3.8) is 0 Å². The Kier molecular flexibility index (Phi) is 1.74. The molecule has 9 heteroatoms. The molecule has 2 heterocycles. The molecule has 1 aromatic carbocycles. The lowest BCUT2D eigenvalue weighted by Gasteiger charge is -2.22. The zero-order valence-electron chi connectivity index (χ0n) is 7.93. The smallest absolute Gasteiger partial charge is 0.369 e. The maximum absolute atomic E-state index is 12.9. The van der Waals surface area contributed by atoms with Gasteiger partial charge in [-0.15, -0.1) is 0 Å². The summed E-state index contributed by atoms with van der Waals surface area (Å²) in [6, 6.07) is 4.96. The first-order chi connectivity index (χ1) is 7.79. The van der Waals surface area contributed by atoms with E-state index in [1.807, 2.05) is 0 Å². The average Bonchev–Trinajstić information content (AvgIpc) is 2.93. The SMILES string of the molecule is O=S1(=O)Oc2ccccc2[C@@]2(C(F)(F)F)ON21. The van der Waals surface area contributed by atoms with E-state index in [9.17, 15) is 21.6 Å². The van der Waals surface area contributed by atoms with Crippen molar-refractivity contribution >= 4 is 10.3 Å². The third kappa shape index (κ3) is 1.18. The predicted molar refractivity (Wildman–Crippen MR) is 46.6 cm³/mol. The van der Waals surface area contributed by atoms with Crippen molar-refractivity contribution < 1.29 is 30.6 Å². The van der Waals surface area contributed by atoms with E-state index in [0.717, 1.165) is 12.1 Å². The van der Waals surface area contributed by atoms with Gasteiger partial charge < -0.3 is 4.18 Å². The van der Waals surface area contributed by atoms with Crippen molar-refractivity contribution in [3.8, 4) is 5.75 Å². The number of benzene rings is 1. The number of nitrogens with zero attached hydrogens (tertiary/aromatic N) is 1. The molecule has 5 nitrogen and oxygen atoms in total. The van der Waals surface area contributed by atoms with E-state index in [2.05, 4.69) is 9.02 Å². The Morgan fingerprint density at radius 1 is 1.24 bits per heavy atom. The predicted octanol–water partition coefficient (Wildman–Crippen LogP) is 1.29. The summed E-state index contributed by atoms with van der Waals surface area (Å²) >= 11 is 0. The lowest BCUT2D eigenvalue weighted by Crippen LogP contribution is -2.41. The van der Waals surface area contributed by atoms with Gasteiger partial charge in [0.1, 0.15) is 0 Å². The van der Waals surface area contributed by atoms with Gasteiger partial charge in [0.25, 0.3) is 0 Å². The largest absolute Gasteiger partial charge is 0.441 e. The van der Waals surface area contributed by atoms with Crippen LogP contribution in [0.2, 0.25) is 0 Å². The monoisotopic (exact) mass is 267 g/mol. The molecule has 2 atom stereocenters. The Balaban J connectivity index is 2.28. The molecule has 1 unspecified atom stereocenters. The van der Waals surface area contributed by atoms with Crippen LogP contribution >= 0.6 is 0 Å². The van der Waals surface area contributed by atoms with Crippen LogP contribution in [-0.4, -0.2) is 19.1 Å². The minimum Gasteiger partial charge on any atom is -0.369 e. The van der Waals surface area contributed by atoms with Crippen LogP contribution in [-0.2, 0) is 20.9 Å². The molecule has 1 aromatic rings. The van der Waals surface area contributed by atoms with Crippen molar-refractivity contribution in [1.29, 1.82) is 0 Å². The van der Waals surface area contributed by atoms with Gasteiger partial charge in [0, 0.05) is 4.47 Å². The zero-order valence-corrected chi connectivity index (χ0v) is 8.75. The molecule has 3 rings (SSSR count). The fraction of sp³-hybridized carbons (Fsp3) is 0.250. The standard InChI is InChI=1S/C8H4F3NO4S/c9-8(10,11)7-5-3-1-2-4-6(5)15-17(13,14)12(7)16-7/h1-4H/t7-,12?/m0/s1. The van der Waals surface area contributed by atoms with Crippen LogP contribution in [0.5, 0.6) is 5.75 Å². The van der Waals surface area contributed by atoms with Gasteiger partial charge in [-0.05, 0) is 6.07 Å². The molecular weight excluding hydrogens is 263 g/mol. The molecule has 1 fully saturated rings. The van der Waals surface area contributed by atoms with Crippen molar-refractivity contribution in [2.24, 2.45) is 0 Å². The molecule has 17 heavy (non-hydrogen) atoms. The van der Waals surface area contributed by atoms with E-state index in [1.54, 1.807) is 0 Å². The molecule has 0 saturated carbocycles. The topological polar surface area (TPSA) is 58.9 Å². The van der Waals surface area contributed by atoms with Gasteiger partial charge in [0.05, 0.1) is 5.56 Å². The van der Waals surface area contributed by atoms with Crippen molar-refractivity contribution in [1.82, 2.24) is 4.47 Å². The van der Waals surface area contributed by atoms with Gasteiger partial charge in [-0.3, -0.25) is 0 Å². The molecule has 0 aromatic heterocycles. The summed E-state index contributed by atoms with van der Waals surface area (Å²) in [7, 11) is -4.55. The Morgan fingerprint density at radius 2 is 1.88 bits per heavy atom. The van der Waals surface area contributed by atoms with Crippen LogP contribution in [0.25, 0.3) is 0 Å². The summed E-state index contributed by atoms with van der Waals surface area (Å²) in [4.78, 5) is 4.27. The molecule has 2 aliphatic heterocycles. The molecule has 0 spiro atoms. The van der Waals surface area contributed by atoms with Crippen LogP contribution in [0.1, 0.15) is 5.56 Å². The molecular formula is C8H4F3NO4S. The van der Waals surface area contributed by atoms with E-state index in [0.29, 0.717) is 0 Å². The fourth-order valence-corrected chi connectivity index (χ4v) is 2.88. The molecule has 0 amide bonds. The van der Waals surface area contributed by atoms with Crippen molar-refractivity contribution in [2.45, 2.75) is 11.9 Å². The van der Waals surface area contributed by atoms with Crippen LogP contribution in [0, 0.1) is 0 Å². The number of rotatable bonds is 0. The Hall–Kier alpha value is -1.32. The van der Waals surface area contributed by atoms with Crippen LogP contribution in [0.4, 0.5) is 13.2 Å². The van der Waals surface area contributed by atoms with Gasteiger partial charge in [0.2, 0.25) is 0 Å². The summed E-state index contributed by atoms with van der Waals surface area (Å²) in [5, 5.41) is 0. The maximum atomic E-state index is 12.9. The highest BCUT2D eigenvalue weighted by atomic mass is 32.2. The first-order valence-corrected chi connectivity index (χ1v) is 5.76. The lowest BCUT2D eigenvalue weighted by molar-refractivity contribution is -0.190. The molecule has 1 saturated heterocycles. The number of hydroxylamine groups is 1. The number of halogens is 3. The molecule has 92 valence electrons. The van der Waals surface area contributed by atoms with E-state index >= 15 is 0 Å². The highest BCUT2D eigenvalue weighted by Gasteiger charge is 2.82. The van der Waals surface area contributed by atoms with E-state index in [1.165, 1.54) is 12.1 Å². The Labute approximate surface area is 93.6 Å². The molecule has 2 aliphatic rings. The minimum atomic E-state index is -4.88. The number of fused-ring (bicyclic) bond motifs is 3. The zero-order chi connectivity index (χ0) is 12.5. The first kappa shape index (κ1) is 10.8. The highest BCUT2D eigenvalue weighted by Crippen LogP contribution is 2.61. The van der Waals surface area contributed by atoms with Gasteiger partial charge in [0.15, 0.2) is 5.75 Å². The van der Waals surface area contributed by atoms with Crippen LogP contribution in [0.3, 0.4) is 0 Å². The minimum absolute atomic E-state index is 0.178. The van der Waals surface area contributed by atoms with Gasteiger partial charge >= 0.3 is 22.2 Å². The number of alkyl halides is 3. The second-order valence-corrected chi connectivity index (χ2v) is 4.85. The number of hydrogen-bond donors (Lipinski definition) is 0. The summed E-state index contributed by atoms with van der Waals surface area (Å²) in [6.07, 6.45) is -4.88. The van der Waals surface area contributed by atoms with Crippen LogP contribution in [0.15, 0.2) is 24.3 Å². The summed E-state index contributed by atoms with van der Waals surface area (Å²) in [6.45, 7) is 0. The Morgan fingerprint density at radius 3 is 2.53 bits per heavy atom. The second kappa shape index (κ2) is 2.74. The van der Waals surface area contributed by atoms with Gasteiger partial charge in [-0.1, -0.05) is 18.2 Å². The second-order valence-electron chi connectivity index (χ2n) is 3.50. The highest BCUT2D eigenvalue weighted by molar-refractivity contribution is 7.84. The lowest BCUT2D eigenvalue weighted by atomic mass is 10.0. The Bertz CT molecular complexity index is 599. The quantitative estimate of drug-likeness (QED) is 0.664. The molecule has 0 bridgehead atoms.